The van der Waals surface area contributed by atoms with Crippen LogP contribution in [0.3, 0.4) is 0 Å². The SMILES string of the molecule is CC(C)(NC(=O)Nc1ccc(F)cc1Br)C(C)(C)C(=O)O. The lowest BCUT2D eigenvalue weighted by molar-refractivity contribution is -0.150. The molecule has 0 aliphatic heterocycles. The smallest absolute Gasteiger partial charge is 0.319 e. The first kappa shape index (κ1) is 17.4. The number of carbonyl (C=O) groups is 2. The summed E-state index contributed by atoms with van der Waals surface area (Å²) in [5.74, 6) is -1.45. The molecular weight excluding hydrogens is 343 g/mol. The summed E-state index contributed by atoms with van der Waals surface area (Å²) < 4.78 is 13.4. The summed E-state index contributed by atoms with van der Waals surface area (Å²) in [6.07, 6.45) is 0. The van der Waals surface area contributed by atoms with E-state index in [9.17, 15) is 19.1 Å². The number of aliphatic carboxylic acids is 1. The number of nitrogens with one attached hydrogen (secondary N) is 2. The maximum absolute atomic E-state index is 13.0. The molecule has 1 aromatic carbocycles. The van der Waals surface area contributed by atoms with Crippen molar-refractivity contribution < 1.29 is 19.1 Å². The quantitative estimate of drug-likeness (QED) is 0.767. The third kappa shape index (κ3) is 3.93. The number of amides is 2. The third-order valence-electron chi connectivity index (χ3n) is 3.70. The number of carboxylic acids is 1. The minimum Gasteiger partial charge on any atom is -0.481 e. The molecule has 0 spiro atoms. The Morgan fingerprint density at radius 3 is 2.29 bits per heavy atom. The highest BCUT2D eigenvalue weighted by molar-refractivity contribution is 9.10. The Morgan fingerprint density at radius 2 is 1.81 bits per heavy atom. The fourth-order valence-corrected chi connectivity index (χ4v) is 1.90. The van der Waals surface area contributed by atoms with Crippen molar-refractivity contribution >= 4 is 33.6 Å². The number of halogens is 2. The van der Waals surface area contributed by atoms with Gasteiger partial charge in [0.25, 0.3) is 0 Å². The van der Waals surface area contributed by atoms with Gasteiger partial charge in [-0.1, -0.05) is 0 Å². The van der Waals surface area contributed by atoms with E-state index in [1.165, 1.54) is 32.0 Å². The summed E-state index contributed by atoms with van der Waals surface area (Å²) in [5, 5.41) is 14.4. The minimum absolute atomic E-state index is 0.387. The van der Waals surface area contributed by atoms with Crippen LogP contribution >= 0.6 is 15.9 Å². The zero-order chi connectivity index (χ0) is 16.4. The van der Waals surface area contributed by atoms with Gasteiger partial charge in [-0.3, -0.25) is 4.79 Å². The first-order valence-corrected chi connectivity index (χ1v) is 7.04. The number of rotatable bonds is 4. The van der Waals surface area contributed by atoms with E-state index in [-0.39, 0.29) is 0 Å². The normalized spacial score (nSPS) is 11.9. The van der Waals surface area contributed by atoms with Crippen molar-refractivity contribution in [2.24, 2.45) is 5.41 Å². The first-order valence-electron chi connectivity index (χ1n) is 6.25. The Hall–Kier alpha value is -1.63. The Morgan fingerprint density at radius 1 is 1.24 bits per heavy atom. The molecule has 0 fully saturated rings. The molecule has 1 rings (SSSR count). The van der Waals surface area contributed by atoms with E-state index in [2.05, 4.69) is 26.6 Å². The predicted octanol–water partition coefficient (Wildman–Crippen LogP) is 3.60. The first-order chi connectivity index (χ1) is 9.47. The highest BCUT2D eigenvalue weighted by Crippen LogP contribution is 2.31. The highest BCUT2D eigenvalue weighted by Gasteiger charge is 2.44. The van der Waals surface area contributed by atoms with E-state index in [0.717, 1.165) is 0 Å². The second kappa shape index (κ2) is 6.01. The molecule has 0 saturated heterocycles. The average Bonchev–Trinajstić information content (AvgIpc) is 2.31. The molecule has 0 unspecified atom stereocenters. The Bertz CT molecular complexity index is 573. The number of urea groups is 1. The van der Waals surface area contributed by atoms with E-state index in [0.29, 0.717) is 10.2 Å². The van der Waals surface area contributed by atoms with Crippen molar-refractivity contribution in [3.63, 3.8) is 0 Å². The van der Waals surface area contributed by atoms with Crippen LogP contribution in [0.4, 0.5) is 14.9 Å². The molecule has 0 radical (unpaired) electrons. The standard InChI is InChI=1S/C14H18BrFN2O3/c1-13(2,11(19)20)14(3,4)18-12(21)17-10-6-5-8(16)7-9(10)15/h5-7H,1-4H3,(H,19,20)(H2,17,18,21). The van der Waals surface area contributed by atoms with Crippen LogP contribution in [0, 0.1) is 11.2 Å². The van der Waals surface area contributed by atoms with Crippen LogP contribution < -0.4 is 10.6 Å². The van der Waals surface area contributed by atoms with Crippen molar-refractivity contribution in [2.45, 2.75) is 33.2 Å². The number of carbonyl (C=O) groups excluding carboxylic acids is 1. The summed E-state index contributed by atoms with van der Waals surface area (Å²) in [4.78, 5) is 23.3. The molecule has 21 heavy (non-hydrogen) atoms. The lowest BCUT2D eigenvalue weighted by Gasteiger charge is -2.38. The fraction of sp³-hybridized carbons (Fsp3) is 0.429. The van der Waals surface area contributed by atoms with Crippen molar-refractivity contribution in [1.82, 2.24) is 5.32 Å². The van der Waals surface area contributed by atoms with Gasteiger partial charge < -0.3 is 15.7 Å². The molecule has 116 valence electrons. The molecule has 0 bridgehead atoms. The van der Waals surface area contributed by atoms with Gasteiger partial charge in [0.1, 0.15) is 5.82 Å². The maximum Gasteiger partial charge on any atom is 0.319 e. The summed E-state index contributed by atoms with van der Waals surface area (Å²) in [7, 11) is 0. The maximum atomic E-state index is 13.0. The molecule has 0 aliphatic rings. The van der Waals surface area contributed by atoms with Gasteiger partial charge in [0, 0.05) is 4.47 Å². The van der Waals surface area contributed by atoms with Gasteiger partial charge in [-0.25, -0.2) is 9.18 Å². The monoisotopic (exact) mass is 360 g/mol. The van der Waals surface area contributed by atoms with E-state index < -0.39 is 28.8 Å². The molecule has 0 saturated carbocycles. The zero-order valence-electron chi connectivity index (χ0n) is 12.3. The van der Waals surface area contributed by atoms with Crippen LogP contribution in [0.15, 0.2) is 22.7 Å². The molecule has 0 heterocycles. The van der Waals surface area contributed by atoms with Crippen LogP contribution in [-0.2, 0) is 4.79 Å². The lowest BCUT2D eigenvalue weighted by atomic mass is 9.74. The second-order valence-electron chi connectivity index (χ2n) is 5.76. The zero-order valence-corrected chi connectivity index (χ0v) is 13.8. The van der Waals surface area contributed by atoms with Gasteiger partial charge >= 0.3 is 12.0 Å². The molecule has 1 aromatic rings. The molecule has 7 heteroatoms. The van der Waals surface area contributed by atoms with Crippen molar-refractivity contribution in [2.75, 3.05) is 5.32 Å². The fourth-order valence-electron chi connectivity index (χ4n) is 1.45. The highest BCUT2D eigenvalue weighted by atomic mass is 79.9. The van der Waals surface area contributed by atoms with Gasteiger partial charge in [-0.15, -0.1) is 0 Å². The third-order valence-corrected chi connectivity index (χ3v) is 4.36. The Balaban J connectivity index is 2.84. The molecular formula is C14H18BrFN2O3. The summed E-state index contributed by atoms with van der Waals surface area (Å²) in [6.45, 7) is 6.31. The van der Waals surface area contributed by atoms with Crippen molar-refractivity contribution in [1.29, 1.82) is 0 Å². The lowest BCUT2D eigenvalue weighted by Crippen LogP contribution is -2.57. The number of hydrogen-bond donors (Lipinski definition) is 3. The number of anilines is 1. The van der Waals surface area contributed by atoms with E-state index in [1.807, 2.05) is 0 Å². The molecule has 0 atom stereocenters. The van der Waals surface area contributed by atoms with Crippen LogP contribution in [0.5, 0.6) is 0 Å². The number of benzene rings is 1. The number of hydrogen-bond acceptors (Lipinski definition) is 2. The van der Waals surface area contributed by atoms with Crippen LogP contribution in [0.1, 0.15) is 27.7 Å². The van der Waals surface area contributed by atoms with Gasteiger partial charge in [-0.2, -0.15) is 0 Å². The topological polar surface area (TPSA) is 78.4 Å². The van der Waals surface area contributed by atoms with Gasteiger partial charge in [0.2, 0.25) is 0 Å². The van der Waals surface area contributed by atoms with E-state index in [1.54, 1.807) is 13.8 Å². The average molecular weight is 361 g/mol. The van der Waals surface area contributed by atoms with Crippen molar-refractivity contribution in [3.8, 4) is 0 Å². The molecule has 0 aromatic heterocycles. The van der Waals surface area contributed by atoms with Crippen LogP contribution in [0.25, 0.3) is 0 Å². The summed E-state index contributed by atoms with van der Waals surface area (Å²) in [6, 6.07) is 3.28. The summed E-state index contributed by atoms with van der Waals surface area (Å²) in [5.41, 5.74) is -1.77. The van der Waals surface area contributed by atoms with Gasteiger partial charge in [0.05, 0.1) is 16.6 Å². The number of carboxylic acid groups (broad SMARTS) is 1. The molecule has 2 amide bonds. The van der Waals surface area contributed by atoms with Crippen molar-refractivity contribution in [3.05, 3.63) is 28.5 Å². The second-order valence-corrected chi connectivity index (χ2v) is 6.61. The van der Waals surface area contributed by atoms with E-state index >= 15 is 0 Å². The summed E-state index contributed by atoms with van der Waals surface area (Å²) >= 11 is 3.14. The minimum atomic E-state index is -1.16. The van der Waals surface area contributed by atoms with E-state index in [4.69, 9.17) is 0 Å². The van der Waals surface area contributed by atoms with Gasteiger partial charge in [0.15, 0.2) is 0 Å². The van der Waals surface area contributed by atoms with Gasteiger partial charge in [-0.05, 0) is 61.8 Å². The Kier molecular flexibility index (Phi) is 4.99. The molecule has 0 aliphatic carbocycles. The predicted molar refractivity (Wildman–Crippen MR) is 81.8 cm³/mol. The largest absolute Gasteiger partial charge is 0.481 e. The van der Waals surface area contributed by atoms with Crippen LogP contribution in [0.2, 0.25) is 0 Å². The Labute approximate surface area is 131 Å². The molecule has 3 N–H and O–H groups in total. The van der Waals surface area contributed by atoms with Crippen LogP contribution in [-0.4, -0.2) is 22.6 Å². The molecule has 5 nitrogen and oxygen atoms in total.